The lowest BCUT2D eigenvalue weighted by atomic mass is 9.86. The van der Waals surface area contributed by atoms with Gasteiger partial charge >= 0.3 is 5.97 Å². The van der Waals surface area contributed by atoms with Gasteiger partial charge in [0.05, 0.1) is 18.3 Å². The number of esters is 1. The average Bonchev–Trinajstić information content (AvgIpc) is 2.97. The molecule has 0 N–H and O–H groups in total. The van der Waals surface area contributed by atoms with E-state index < -0.39 is 5.97 Å². The molecule has 1 amide bonds. The zero-order valence-corrected chi connectivity index (χ0v) is 18.6. The van der Waals surface area contributed by atoms with E-state index in [9.17, 15) is 9.59 Å². The first-order valence-electron chi connectivity index (χ1n) is 10.2. The minimum absolute atomic E-state index is 0.0456. The predicted molar refractivity (Wildman–Crippen MR) is 121 cm³/mol. The molecule has 1 heterocycles. The fourth-order valence-electron chi connectivity index (χ4n) is 3.62. The Balaban J connectivity index is 2.05. The highest BCUT2D eigenvalue weighted by molar-refractivity contribution is 6.23. The van der Waals surface area contributed by atoms with Crippen LogP contribution in [0.25, 0.3) is 6.08 Å². The van der Waals surface area contributed by atoms with Gasteiger partial charge in [0.25, 0.3) is 5.91 Å². The van der Waals surface area contributed by atoms with Crippen molar-refractivity contribution in [2.45, 2.75) is 46.5 Å². The third-order valence-corrected chi connectivity index (χ3v) is 5.48. The number of methoxy groups -OCH3 is 1. The molecule has 1 aliphatic rings. The highest BCUT2D eigenvalue weighted by Gasteiger charge is 2.37. The summed E-state index contributed by atoms with van der Waals surface area (Å²) >= 11 is 0. The van der Waals surface area contributed by atoms with E-state index in [2.05, 4.69) is 39.8 Å². The summed E-state index contributed by atoms with van der Waals surface area (Å²) in [6.45, 7) is 10.3. The second kappa shape index (κ2) is 8.31. The van der Waals surface area contributed by atoms with Crippen LogP contribution in [0.4, 0.5) is 5.69 Å². The molecule has 0 atom stereocenters. The van der Waals surface area contributed by atoms with Crippen molar-refractivity contribution in [1.82, 2.24) is 0 Å². The van der Waals surface area contributed by atoms with Crippen molar-refractivity contribution in [3.8, 4) is 0 Å². The van der Waals surface area contributed by atoms with Gasteiger partial charge in [-0.1, -0.05) is 64.1 Å². The zero-order valence-electron chi connectivity index (χ0n) is 18.6. The van der Waals surface area contributed by atoms with Gasteiger partial charge in [-0.25, -0.2) is 4.79 Å². The molecule has 0 bridgehead atoms. The number of rotatable bonds is 4. The van der Waals surface area contributed by atoms with Gasteiger partial charge in [0, 0.05) is 11.4 Å². The third kappa shape index (κ3) is 4.09. The zero-order chi connectivity index (χ0) is 22.1. The van der Waals surface area contributed by atoms with Gasteiger partial charge in [0.15, 0.2) is 0 Å². The first-order valence-corrected chi connectivity index (χ1v) is 10.2. The molecule has 2 aromatic carbocycles. The molecule has 0 saturated carbocycles. The summed E-state index contributed by atoms with van der Waals surface area (Å²) in [7, 11) is 1.33. The first kappa shape index (κ1) is 21.6. The number of carbonyl (C=O) groups is 2. The number of ether oxygens (including phenoxy) is 1. The second-order valence-corrected chi connectivity index (χ2v) is 8.54. The molecule has 4 nitrogen and oxygen atoms in total. The van der Waals surface area contributed by atoms with Crippen LogP contribution in [-0.2, 0) is 26.2 Å². The molecule has 30 heavy (non-hydrogen) atoms. The Bertz CT molecular complexity index is 1020. The highest BCUT2D eigenvalue weighted by Crippen LogP contribution is 2.35. The van der Waals surface area contributed by atoms with E-state index in [1.54, 1.807) is 17.9 Å². The number of allylic oxidation sites excluding steroid dienone is 1. The summed E-state index contributed by atoms with van der Waals surface area (Å²) in [6.07, 6.45) is 2.69. The Morgan fingerprint density at radius 3 is 2.13 bits per heavy atom. The SMILES string of the molecule is CCc1ccc(N2C(=O)/C(=C\c3ccc(C(C)(C)C)cc3)C(C(=O)OC)=C2C)cc1. The Morgan fingerprint density at radius 1 is 1.03 bits per heavy atom. The van der Waals surface area contributed by atoms with Gasteiger partial charge in [-0.2, -0.15) is 0 Å². The number of hydrogen-bond donors (Lipinski definition) is 0. The first-order chi connectivity index (χ1) is 14.2. The van der Waals surface area contributed by atoms with Crippen LogP contribution < -0.4 is 4.90 Å². The Labute approximate surface area is 178 Å². The van der Waals surface area contributed by atoms with Crippen molar-refractivity contribution in [2.24, 2.45) is 0 Å². The molecule has 0 spiro atoms. The van der Waals surface area contributed by atoms with Gasteiger partial charge in [-0.05, 0) is 53.7 Å². The lowest BCUT2D eigenvalue weighted by Gasteiger charge is -2.19. The van der Waals surface area contributed by atoms with Crippen molar-refractivity contribution in [2.75, 3.05) is 12.0 Å². The molecule has 3 rings (SSSR count). The fourth-order valence-corrected chi connectivity index (χ4v) is 3.62. The monoisotopic (exact) mass is 403 g/mol. The third-order valence-electron chi connectivity index (χ3n) is 5.48. The van der Waals surface area contributed by atoms with E-state index in [4.69, 9.17) is 4.74 Å². The smallest absolute Gasteiger partial charge is 0.340 e. The quantitative estimate of drug-likeness (QED) is 0.506. The van der Waals surface area contributed by atoms with Crippen LogP contribution in [0.15, 0.2) is 65.4 Å². The minimum Gasteiger partial charge on any atom is -0.465 e. The molecular weight excluding hydrogens is 374 g/mol. The van der Waals surface area contributed by atoms with Crippen molar-refractivity contribution in [3.05, 3.63) is 82.1 Å². The van der Waals surface area contributed by atoms with E-state index in [0.717, 1.165) is 17.7 Å². The van der Waals surface area contributed by atoms with Gasteiger partial charge in [0.2, 0.25) is 0 Å². The maximum absolute atomic E-state index is 13.3. The molecule has 0 radical (unpaired) electrons. The number of amides is 1. The highest BCUT2D eigenvalue weighted by atomic mass is 16.5. The fraction of sp³-hybridized carbons (Fsp3) is 0.308. The molecule has 0 aliphatic carbocycles. The normalized spacial score (nSPS) is 15.9. The summed E-state index contributed by atoms with van der Waals surface area (Å²) in [5, 5.41) is 0. The summed E-state index contributed by atoms with van der Waals surface area (Å²) in [4.78, 5) is 27.5. The van der Waals surface area contributed by atoms with E-state index in [1.165, 1.54) is 18.2 Å². The lowest BCUT2D eigenvalue weighted by Crippen LogP contribution is -2.24. The molecule has 0 unspecified atom stereocenters. The average molecular weight is 404 g/mol. The number of hydrogen-bond acceptors (Lipinski definition) is 3. The number of anilines is 1. The van der Waals surface area contributed by atoms with Crippen LogP contribution in [0.5, 0.6) is 0 Å². The van der Waals surface area contributed by atoms with E-state index in [0.29, 0.717) is 16.8 Å². The van der Waals surface area contributed by atoms with Crippen LogP contribution in [0.3, 0.4) is 0 Å². The Morgan fingerprint density at radius 2 is 1.63 bits per heavy atom. The van der Waals surface area contributed by atoms with Crippen LogP contribution >= 0.6 is 0 Å². The molecule has 0 aromatic heterocycles. The molecule has 156 valence electrons. The van der Waals surface area contributed by atoms with E-state index >= 15 is 0 Å². The summed E-state index contributed by atoms with van der Waals surface area (Å²) in [5.41, 5.74) is 5.28. The molecular formula is C26H29NO3. The Hall–Kier alpha value is -3.14. The molecule has 4 heteroatoms. The maximum Gasteiger partial charge on any atom is 0.340 e. The number of benzene rings is 2. The van der Waals surface area contributed by atoms with Crippen LogP contribution in [-0.4, -0.2) is 19.0 Å². The summed E-state index contributed by atoms with van der Waals surface area (Å²) in [6, 6.07) is 15.9. The topological polar surface area (TPSA) is 46.6 Å². The molecule has 0 fully saturated rings. The minimum atomic E-state index is -0.508. The molecule has 0 saturated heterocycles. The number of carbonyl (C=O) groups excluding carboxylic acids is 2. The van der Waals surface area contributed by atoms with E-state index in [-0.39, 0.29) is 11.3 Å². The summed E-state index contributed by atoms with van der Waals surface area (Å²) in [5.74, 6) is -0.733. The Kier molecular flexibility index (Phi) is 5.97. The largest absolute Gasteiger partial charge is 0.465 e. The van der Waals surface area contributed by atoms with Crippen molar-refractivity contribution in [3.63, 3.8) is 0 Å². The van der Waals surface area contributed by atoms with Gasteiger partial charge in [-0.3, -0.25) is 9.69 Å². The summed E-state index contributed by atoms with van der Waals surface area (Å²) < 4.78 is 4.99. The molecule has 1 aliphatic heterocycles. The van der Waals surface area contributed by atoms with Gasteiger partial charge in [0.1, 0.15) is 0 Å². The van der Waals surface area contributed by atoms with E-state index in [1.807, 2.05) is 36.4 Å². The van der Waals surface area contributed by atoms with Crippen molar-refractivity contribution < 1.29 is 14.3 Å². The second-order valence-electron chi connectivity index (χ2n) is 8.54. The lowest BCUT2D eigenvalue weighted by molar-refractivity contribution is -0.136. The van der Waals surface area contributed by atoms with Crippen LogP contribution in [0.1, 0.15) is 51.3 Å². The van der Waals surface area contributed by atoms with Crippen molar-refractivity contribution >= 4 is 23.6 Å². The van der Waals surface area contributed by atoms with Gasteiger partial charge < -0.3 is 4.74 Å². The standard InChI is InChI=1S/C26H29NO3/c1-7-18-10-14-21(15-11-18)27-17(2)23(25(29)30-6)22(24(27)28)16-19-8-12-20(13-9-19)26(3,4)5/h8-16H,7H2,1-6H3/b22-16-. The number of aryl methyl sites for hydroxylation is 1. The maximum atomic E-state index is 13.3. The molecule has 2 aromatic rings. The van der Waals surface area contributed by atoms with Crippen molar-refractivity contribution in [1.29, 1.82) is 0 Å². The number of nitrogens with zero attached hydrogens (tertiary/aromatic N) is 1. The van der Waals surface area contributed by atoms with Crippen LogP contribution in [0.2, 0.25) is 0 Å². The van der Waals surface area contributed by atoms with Gasteiger partial charge in [-0.15, -0.1) is 0 Å². The van der Waals surface area contributed by atoms with Crippen LogP contribution in [0, 0.1) is 0 Å². The predicted octanol–water partition coefficient (Wildman–Crippen LogP) is 5.42.